The van der Waals surface area contributed by atoms with Gasteiger partial charge in [0.25, 0.3) is 23.6 Å². The number of imide groups is 2. The Morgan fingerprint density at radius 1 is 0.781 bits per heavy atom. The third-order valence-corrected chi connectivity index (χ3v) is 15.0. The maximum absolute atomic E-state index is 14.3. The van der Waals surface area contributed by atoms with Crippen LogP contribution in [0, 0.1) is 0 Å². The van der Waals surface area contributed by atoms with Crippen LogP contribution in [0.15, 0.2) is 91.0 Å². The molecule has 7 heterocycles. The van der Waals surface area contributed by atoms with E-state index >= 15 is 0 Å². The van der Waals surface area contributed by atoms with Crippen LogP contribution in [-0.4, -0.2) is 126 Å². The van der Waals surface area contributed by atoms with E-state index in [2.05, 4.69) is 56.3 Å². The molecule has 0 saturated carbocycles. The topological polar surface area (TPSA) is 201 Å². The number of fused-ring (bicyclic) bond motifs is 14. The van der Waals surface area contributed by atoms with E-state index in [4.69, 9.17) is 23.7 Å². The molecule has 5 aliphatic rings. The van der Waals surface area contributed by atoms with Crippen molar-refractivity contribution in [1.82, 2.24) is 29.6 Å². The molecule has 0 radical (unpaired) electrons. The van der Waals surface area contributed by atoms with Gasteiger partial charge in [-0.05, 0) is 67.4 Å². The summed E-state index contributed by atoms with van der Waals surface area (Å²) in [7, 11) is 1.87. The largest absolute Gasteiger partial charge is 0.491 e. The van der Waals surface area contributed by atoms with Crippen LogP contribution >= 0.6 is 0 Å². The van der Waals surface area contributed by atoms with Crippen LogP contribution in [0.5, 0.6) is 5.75 Å². The molecule has 12 rings (SSSR count). The minimum absolute atomic E-state index is 0.0529. The third kappa shape index (κ3) is 7.69. The highest BCUT2D eigenvalue weighted by Gasteiger charge is 2.49. The Kier molecular flexibility index (Phi) is 11.7. The molecule has 5 aromatic carbocycles. The Bertz CT molecular complexity index is 3460. The van der Waals surface area contributed by atoms with Gasteiger partial charge in [0.15, 0.2) is 0 Å². The summed E-state index contributed by atoms with van der Waals surface area (Å²) in [6.45, 7) is 5.32. The van der Waals surface area contributed by atoms with Crippen LogP contribution in [0.25, 0.3) is 43.6 Å². The maximum atomic E-state index is 14.3. The highest BCUT2D eigenvalue weighted by Crippen LogP contribution is 2.53. The molecule has 374 valence electrons. The zero-order chi connectivity index (χ0) is 50.1. The predicted molar refractivity (Wildman–Crippen MR) is 268 cm³/mol. The van der Waals surface area contributed by atoms with Gasteiger partial charge in [0, 0.05) is 78.2 Å². The summed E-state index contributed by atoms with van der Waals surface area (Å²) in [4.78, 5) is 81.2. The molecule has 18 nitrogen and oxygen atoms in total. The Balaban J connectivity index is 0.606. The number of carbonyl (C=O) groups is 6. The van der Waals surface area contributed by atoms with E-state index in [0.29, 0.717) is 89.2 Å². The van der Waals surface area contributed by atoms with Crippen LogP contribution in [0.4, 0.5) is 5.69 Å². The Morgan fingerprint density at radius 2 is 1.48 bits per heavy atom. The number of benzene rings is 5. The molecule has 7 aromatic rings. The summed E-state index contributed by atoms with van der Waals surface area (Å²) >= 11 is 0. The van der Waals surface area contributed by atoms with E-state index in [1.165, 1.54) is 0 Å². The lowest BCUT2D eigenvalue weighted by atomic mass is 9.95. The molecule has 2 aromatic heterocycles. The smallest absolute Gasteiger partial charge is 0.264 e. The van der Waals surface area contributed by atoms with Crippen LogP contribution in [0.1, 0.15) is 85.8 Å². The number of ether oxygens (including phenoxy) is 5. The number of amides is 6. The number of aromatic nitrogens is 2. The third-order valence-electron chi connectivity index (χ3n) is 15.0. The molecule has 1 unspecified atom stereocenters. The second kappa shape index (κ2) is 18.4. The van der Waals surface area contributed by atoms with Crippen molar-refractivity contribution in [3.8, 4) is 5.75 Å². The van der Waals surface area contributed by atoms with Crippen molar-refractivity contribution >= 4 is 84.7 Å². The summed E-state index contributed by atoms with van der Waals surface area (Å²) in [6.07, 6.45) is 0.843. The number of carbonyl (C=O) groups excluding carboxylic acids is 6. The van der Waals surface area contributed by atoms with E-state index in [9.17, 15) is 28.8 Å². The van der Waals surface area contributed by atoms with Gasteiger partial charge in [-0.25, -0.2) is 0 Å². The van der Waals surface area contributed by atoms with Gasteiger partial charge in [-0.3, -0.25) is 39.0 Å². The Labute approximate surface area is 418 Å². The normalized spacial score (nSPS) is 21.0. The summed E-state index contributed by atoms with van der Waals surface area (Å²) in [5.41, 5.74) is 6.41. The van der Waals surface area contributed by atoms with Crippen molar-refractivity contribution in [2.75, 3.05) is 65.2 Å². The van der Waals surface area contributed by atoms with Gasteiger partial charge in [0.1, 0.15) is 30.4 Å². The first-order chi connectivity index (χ1) is 35.5. The molecule has 6 amide bonds. The molecule has 0 aliphatic carbocycles. The van der Waals surface area contributed by atoms with E-state index in [0.717, 1.165) is 59.6 Å². The predicted octanol–water partition coefficient (Wildman–Crippen LogP) is 6.22. The van der Waals surface area contributed by atoms with Crippen LogP contribution in [0.2, 0.25) is 0 Å². The van der Waals surface area contributed by atoms with Gasteiger partial charge in [-0.1, -0.05) is 42.5 Å². The van der Waals surface area contributed by atoms with E-state index in [1.54, 1.807) is 42.5 Å². The minimum atomic E-state index is -1.03. The lowest BCUT2D eigenvalue weighted by Crippen LogP contribution is -2.54. The van der Waals surface area contributed by atoms with Crippen molar-refractivity contribution in [1.29, 1.82) is 0 Å². The number of nitrogens with one attached hydrogen (secondary N) is 3. The second-order valence-corrected chi connectivity index (χ2v) is 19.3. The average Bonchev–Trinajstić information content (AvgIpc) is 4.14. The number of para-hydroxylation sites is 2. The molecule has 0 spiro atoms. The molecule has 4 atom stereocenters. The highest BCUT2D eigenvalue weighted by molar-refractivity contribution is 6.31. The fourth-order valence-electron chi connectivity index (χ4n) is 11.8. The number of nitrogens with zero attached hydrogens (tertiary/aromatic N) is 4. The first kappa shape index (κ1) is 46.4. The number of hydrogen-bond donors (Lipinski definition) is 3. The molecule has 18 heteroatoms. The first-order valence-corrected chi connectivity index (χ1v) is 24.8. The highest BCUT2D eigenvalue weighted by atomic mass is 16.6. The number of rotatable bonds is 17. The summed E-state index contributed by atoms with van der Waals surface area (Å²) in [6, 6.07) is 27.5. The maximum Gasteiger partial charge on any atom is 0.264 e. The monoisotopic (exact) mass is 987 g/mol. The summed E-state index contributed by atoms with van der Waals surface area (Å²) < 4.78 is 34.8. The number of anilines is 1. The fraction of sp³-hybridized carbons (Fsp3) is 0.345. The van der Waals surface area contributed by atoms with Crippen LogP contribution in [0.3, 0.4) is 0 Å². The summed E-state index contributed by atoms with van der Waals surface area (Å²) in [5.74, 6) is -1.75. The fourth-order valence-corrected chi connectivity index (χ4v) is 11.8. The molecule has 2 bridgehead atoms. The van der Waals surface area contributed by atoms with Gasteiger partial charge in [0.05, 0.1) is 78.4 Å². The number of hydrogen-bond acceptors (Lipinski definition) is 12. The molecule has 5 aliphatic heterocycles. The molecule has 2 fully saturated rings. The quantitative estimate of drug-likeness (QED) is 0.0688. The molecular weight excluding hydrogens is 935 g/mol. The molecule has 73 heavy (non-hydrogen) atoms. The second-order valence-electron chi connectivity index (χ2n) is 19.3. The van der Waals surface area contributed by atoms with Crippen molar-refractivity contribution in [3.05, 3.63) is 119 Å². The van der Waals surface area contributed by atoms with Gasteiger partial charge in [-0.15, -0.1) is 0 Å². The molecule has 3 N–H and O–H groups in total. The zero-order valence-corrected chi connectivity index (χ0v) is 40.4. The summed E-state index contributed by atoms with van der Waals surface area (Å²) in [5, 5.41) is 12.6. The van der Waals surface area contributed by atoms with Crippen molar-refractivity contribution in [2.45, 2.75) is 63.2 Å². The van der Waals surface area contributed by atoms with Crippen LogP contribution in [-0.2, 0) is 40.8 Å². The van der Waals surface area contributed by atoms with Crippen LogP contribution < -0.4 is 20.7 Å². The Hall–Kier alpha value is -7.64. The number of piperidine rings is 1. The van der Waals surface area contributed by atoms with E-state index in [-0.39, 0.29) is 41.8 Å². The molecular formula is C55H53N7O11. The zero-order valence-electron chi connectivity index (χ0n) is 40.4. The van der Waals surface area contributed by atoms with Gasteiger partial charge >= 0.3 is 0 Å². The standard InChI is InChI=1S/C55H53N7O11/c1-55-29-32(28-43(73-55)60-39-12-5-3-8-34(39)46-47-37(30-57-51(47)65)44-35-9-4-6-13-40(35)62(55)49(44)48(46)60)59(2)52(66)31-14-16-33(17-15-31)72-27-26-71-25-24-70-23-22-69-21-20-56-38-11-7-10-36-45(38)54(68)61(53(36)67)41-18-19-42(63)58-50(41)64/h3-17,32,41,43,56H,18-30H2,1-2H3,(H,57,65)(H,58,63,64)/t32-,41?,43-,55+/m1/s1. The lowest BCUT2D eigenvalue weighted by Gasteiger charge is -2.45. The van der Waals surface area contributed by atoms with Crippen molar-refractivity contribution < 1.29 is 52.5 Å². The minimum Gasteiger partial charge on any atom is -0.491 e. The SMILES string of the molecule is CN(C(=O)c1ccc(OCCOCCOCCOCCNc2cccc3c2C(=O)N(C2CCC(=O)NC2=O)C3=O)cc1)[C@@H]1C[C@H]2O[C@@](C)(C1)n1c3ccccc3c3c4c(c5c6ccccc6n2c5c31)C(=O)NC4. The average molecular weight is 988 g/mol. The van der Waals surface area contributed by atoms with Gasteiger partial charge in [-0.2, -0.15) is 0 Å². The van der Waals surface area contributed by atoms with Crippen molar-refractivity contribution in [3.63, 3.8) is 0 Å². The van der Waals surface area contributed by atoms with E-state index in [1.807, 2.05) is 36.2 Å². The molecule has 2 saturated heterocycles. The first-order valence-electron chi connectivity index (χ1n) is 24.8. The van der Waals surface area contributed by atoms with Gasteiger partial charge in [0.2, 0.25) is 11.8 Å². The van der Waals surface area contributed by atoms with Gasteiger partial charge < -0.3 is 48.4 Å². The van der Waals surface area contributed by atoms with Crippen molar-refractivity contribution in [2.24, 2.45) is 0 Å². The lowest BCUT2D eigenvalue weighted by molar-refractivity contribution is -0.201. The Morgan fingerprint density at radius 3 is 2.23 bits per heavy atom. The van der Waals surface area contributed by atoms with E-state index < -0.39 is 41.6 Å².